The molecule has 0 aliphatic rings. The Balaban J connectivity index is 5.93. The van der Waals surface area contributed by atoms with E-state index in [4.69, 9.17) is 0 Å². The summed E-state index contributed by atoms with van der Waals surface area (Å²) >= 11 is 0. The van der Waals surface area contributed by atoms with Crippen LogP contribution in [-0.4, -0.2) is 259 Å². The minimum atomic E-state index is 0.0169. The second-order valence-corrected chi connectivity index (χ2v) is 17.9. The van der Waals surface area contributed by atoms with Crippen LogP contribution >= 0.6 is 0 Å². The molecule has 18 heteroatoms. The van der Waals surface area contributed by atoms with E-state index in [1.807, 2.05) is 0 Å². The van der Waals surface area contributed by atoms with Crippen molar-refractivity contribution in [3.8, 4) is 0 Å². The number of nitrogens with zero attached hydrogens (tertiary/aromatic N) is 8. The zero-order valence-corrected chi connectivity index (χ0v) is 46.1. The highest BCUT2D eigenvalue weighted by Crippen LogP contribution is 2.05. The highest BCUT2D eigenvalue weighted by Gasteiger charge is 2.17. The number of rotatable bonds is 48. The van der Waals surface area contributed by atoms with Gasteiger partial charge in [-0.05, 0) is 104 Å². The molecule has 0 aliphatic carbocycles. The van der Waals surface area contributed by atoms with E-state index < -0.39 is 0 Å². The number of carbonyl (C=O) groups excluding carboxylic acids is 5. The molecule has 0 radical (unpaired) electrons. The molecule has 0 atom stereocenters. The Hall–Kier alpha value is -2.97. The Morgan fingerprint density at radius 3 is 0.551 bits per heavy atom. The Kier molecular flexibility index (Phi) is 43.0. The van der Waals surface area contributed by atoms with Crippen LogP contribution in [0.1, 0.15) is 114 Å². The van der Waals surface area contributed by atoms with Crippen molar-refractivity contribution in [2.45, 2.75) is 114 Å². The molecule has 406 valence electrons. The number of likely N-dealkylation sites (N-methyl/N-ethyl adjacent to an activating group) is 5. The molecule has 5 N–H and O–H groups in total. The number of hydrogen-bond acceptors (Lipinski definition) is 13. The topological polar surface area (TPSA) is 171 Å². The lowest BCUT2D eigenvalue weighted by Crippen LogP contribution is -2.40. The quantitative estimate of drug-likeness (QED) is 0.0600. The van der Waals surface area contributed by atoms with Crippen LogP contribution in [-0.2, 0) is 24.0 Å². The van der Waals surface area contributed by atoms with Gasteiger partial charge in [0.25, 0.3) is 0 Å². The first kappa shape index (κ1) is 66.0. The van der Waals surface area contributed by atoms with E-state index in [9.17, 15) is 24.0 Å². The molecular weight excluding hydrogens is 875 g/mol. The second-order valence-electron chi connectivity index (χ2n) is 17.9. The zero-order chi connectivity index (χ0) is 51.5. The summed E-state index contributed by atoms with van der Waals surface area (Å²) < 4.78 is 0. The summed E-state index contributed by atoms with van der Waals surface area (Å²) in [6.07, 6.45) is 3.43. The Morgan fingerprint density at radius 2 is 0.391 bits per heavy atom. The van der Waals surface area contributed by atoms with Crippen LogP contribution in [0.15, 0.2) is 0 Å². The minimum absolute atomic E-state index is 0.0169. The molecule has 0 saturated carbocycles. The second kappa shape index (κ2) is 44.9. The van der Waals surface area contributed by atoms with Crippen molar-refractivity contribution in [1.29, 1.82) is 0 Å². The summed E-state index contributed by atoms with van der Waals surface area (Å²) in [6.45, 7) is 43.6. The minimum Gasteiger partial charge on any atom is -0.355 e. The van der Waals surface area contributed by atoms with Gasteiger partial charge in [0.05, 0.1) is 0 Å². The van der Waals surface area contributed by atoms with Crippen molar-refractivity contribution in [3.05, 3.63) is 0 Å². The zero-order valence-electron chi connectivity index (χ0n) is 46.1. The fraction of sp³-hybridized carbons (Fsp3) is 0.902. The largest absolute Gasteiger partial charge is 0.355 e. The van der Waals surface area contributed by atoms with Crippen molar-refractivity contribution in [1.82, 2.24) is 65.8 Å². The van der Waals surface area contributed by atoms with Gasteiger partial charge in [0, 0.05) is 130 Å². The predicted molar refractivity (Wildman–Crippen MR) is 286 cm³/mol. The summed E-state index contributed by atoms with van der Waals surface area (Å²) in [4.78, 5) is 83.2. The van der Waals surface area contributed by atoms with Gasteiger partial charge >= 0.3 is 0 Å². The van der Waals surface area contributed by atoms with E-state index >= 15 is 0 Å². The summed E-state index contributed by atoms with van der Waals surface area (Å²) in [5.74, 6) is 0.103. The molecule has 0 unspecified atom stereocenters. The maximum Gasteiger partial charge on any atom is 0.221 e. The van der Waals surface area contributed by atoms with Gasteiger partial charge in [-0.25, -0.2) is 0 Å². The highest BCUT2D eigenvalue weighted by molar-refractivity contribution is 5.77. The van der Waals surface area contributed by atoms with Gasteiger partial charge in [-0.15, -0.1) is 0 Å². The smallest absolute Gasteiger partial charge is 0.221 e. The van der Waals surface area contributed by atoms with Crippen LogP contribution in [0.5, 0.6) is 0 Å². The summed E-state index contributed by atoms with van der Waals surface area (Å²) in [5, 5.41) is 15.5. The summed E-state index contributed by atoms with van der Waals surface area (Å²) in [5.41, 5.74) is 0. The third-order valence-electron chi connectivity index (χ3n) is 13.4. The molecule has 0 aromatic carbocycles. The van der Waals surface area contributed by atoms with Gasteiger partial charge in [0.15, 0.2) is 0 Å². The van der Waals surface area contributed by atoms with Crippen molar-refractivity contribution < 1.29 is 24.0 Å². The van der Waals surface area contributed by atoms with E-state index in [0.29, 0.717) is 111 Å². The van der Waals surface area contributed by atoms with Crippen LogP contribution in [0.3, 0.4) is 0 Å². The number of hydrogen-bond donors (Lipinski definition) is 5. The molecule has 0 fully saturated rings. The number of amides is 5. The summed E-state index contributed by atoms with van der Waals surface area (Å²) in [7, 11) is 0. The molecule has 18 nitrogen and oxygen atoms in total. The SMILES string of the molecule is CCN(CC)CCNC(=O)CCN(CCCN(CCC(=O)NCCN(CC)CC)CCC(=O)NCCN(CC)CC)CCCN(CCC(=O)NCCN(CC)CC)CCC(=O)NCCN(CC)CC. The van der Waals surface area contributed by atoms with E-state index in [0.717, 1.165) is 124 Å². The molecule has 69 heavy (non-hydrogen) atoms. The van der Waals surface area contributed by atoms with E-state index in [-0.39, 0.29) is 29.5 Å². The average Bonchev–Trinajstić information content (AvgIpc) is 3.35. The van der Waals surface area contributed by atoms with Crippen LogP contribution in [0.2, 0.25) is 0 Å². The lowest BCUT2D eigenvalue weighted by Gasteiger charge is -2.27. The van der Waals surface area contributed by atoms with Crippen LogP contribution < -0.4 is 26.6 Å². The predicted octanol–water partition coefficient (Wildman–Crippen LogP) is 1.91. The summed E-state index contributed by atoms with van der Waals surface area (Å²) in [6, 6.07) is 0. The van der Waals surface area contributed by atoms with Gasteiger partial charge in [-0.3, -0.25) is 24.0 Å². The van der Waals surface area contributed by atoms with Crippen LogP contribution in [0.25, 0.3) is 0 Å². The standard InChI is InChI=1S/C51H107N13O5/c1-11-57(12-2)42-28-52-47(65)23-37-62(33-21-35-63(38-24-48(66)53-29-43-58(13-3)14-4)39-25-49(67)54-30-44-59(15-5)16-6)34-22-36-64(40-26-50(68)55-31-45-60(17-7)18-8)41-27-51(69)56-32-46-61(19-9)20-10/h11-46H2,1-10H3,(H,52,65)(H,53,66)(H,54,67)(H,55,68)(H,56,69). The fourth-order valence-electron chi connectivity index (χ4n) is 8.25. The van der Waals surface area contributed by atoms with Gasteiger partial charge in [0.1, 0.15) is 0 Å². The Morgan fingerprint density at radius 1 is 0.232 bits per heavy atom. The lowest BCUT2D eigenvalue weighted by atomic mass is 10.2. The van der Waals surface area contributed by atoms with E-state index in [2.05, 4.69) is 135 Å². The molecule has 0 aromatic rings. The van der Waals surface area contributed by atoms with E-state index in [1.54, 1.807) is 0 Å². The maximum atomic E-state index is 13.1. The first-order valence-corrected chi connectivity index (χ1v) is 27.5. The molecule has 0 aromatic heterocycles. The first-order chi connectivity index (χ1) is 33.3. The van der Waals surface area contributed by atoms with Crippen LogP contribution in [0, 0.1) is 0 Å². The normalized spacial score (nSPS) is 11.9. The number of carbonyl (C=O) groups is 5. The fourth-order valence-corrected chi connectivity index (χ4v) is 8.25. The van der Waals surface area contributed by atoms with Crippen molar-refractivity contribution >= 4 is 29.5 Å². The Labute approximate surface area is 422 Å². The lowest BCUT2D eigenvalue weighted by molar-refractivity contribution is -0.123. The van der Waals surface area contributed by atoms with E-state index in [1.165, 1.54) is 0 Å². The molecule has 0 heterocycles. The van der Waals surface area contributed by atoms with Gasteiger partial charge in [-0.1, -0.05) is 69.2 Å². The molecule has 0 aliphatic heterocycles. The van der Waals surface area contributed by atoms with Crippen molar-refractivity contribution in [2.75, 3.05) is 190 Å². The third-order valence-corrected chi connectivity index (χ3v) is 13.4. The maximum absolute atomic E-state index is 13.1. The van der Waals surface area contributed by atoms with Gasteiger partial charge in [0.2, 0.25) is 29.5 Å². The van der Waals surface area contributed by atoms with Crippen molar-refractivity contribution in [2.24, 2.45) is 0 Å². The highest BCUT2D eigenvalue weighted by atomic mass is 16.2. The molecule has 0 rings (SSSR count). The molecule has 0 spiro atoms. The van der Waals surface area contributed by atoms with Gasteiger partial charge in [-0.2, -0.15) is 0 Å². The van der Waals surface area contributed by atoms with Crippen LogP contribution in [0.4, 0.5) is 0 Å². The monoisotopic (exact) mass is 982 g/mol. The third kappa shape index (κ3) is 36.6. The number of nitrogens with one attached hydrogen (secondary N) is 5. The average molecular weight is 983 g/mol. The molecule has 5 amide bonds. The van der Waals surface area contributed by atoms with Crippen molar-refractivity contribution in [3.63, 3.8) is 0 Å². The molecular formula is C51H107N13O5. The van der Waals surface area contributed by atoms with Gasteiger partial charge < -0.3 is 65.8 Å². The first-order valence-electron chi connectivity index (χ1n) is 27.5. The Bertz CT molecular complexity index is 1130. The molecule has 0 bridgehead atoms. The molecule has 0 saturated heterocycles.